The van der Waals surface area contributed by atoms with Crippen LogP contribution >= 0.6 is 0 Å². The first-order valence-corrected chi connectivity index (χ1v) is 9.96. The predicted octanol–water partition coefficient (Wildman–Crippen LogP) is 2.96. The second-order valence-electron chi connectivity index (χ2n) is 6.87. The van der Waals surface area contributed by atoms with Crippen molar-refractivity contribution in [1.29, 1.82) is 0 Å². The first kappa shape index (κ1) is 19.4. The van der Waals surface area contributed by atoms with Gasteiger partial charge in [0.05, 0.1) is 18.3 Å². The van der Waals surface area contributed by atoms with E-state index >= 15 is 0 Å². The molecule has 0 saturated carbocycles. The Bertz CT molecular complexity index is 740. The molecule has 1 aromatic carbocycles. The van der Waals surface area contributed by atoms with E-state index in [1.54, 1.807) is 6.20 Å². The number of hydrogen-bond donors (Lipinski definition) is 2. The van der Waals surface area contributed by atoms with Crippen LogP contribution in [0, 0.1) is 0 Å². The summed E-state index contributed by atoms with van der Waals surface area (Å²) >= 11 is 0. The molecule has 1 unspecified atom stereocenters. The number of aromatic nitrogens is 2. The highest BCUT2D eigenvalue weighted by Gasteiger charge is 2.19. The van der Waals surface area contributed by atoms with Crippen LogP contribution in [0.5, 0.6) is 0 Å². The summed E-state index contributed by atoms with van der Waals surface area (Å²) in [6, 6.07) is 10.7. The molecule has 0 saturated heterocycles. The number of aliphatic imine (C=N–C) groups is 1. The van der Waals surface area contributed by atoms with Crippen molar-refractivity contribution in [2.75, 3.05) is 19.7 Å². The molecule has 0 spiro atoms. The normalized spacial score (nSPS) is 16.8. The first-order valence-electron chi connectivity index (χ1n) is 9.96. The summed E-state index contributed by atoms with van der Waals surface area (Å²) in [4.78, 5) is 4.63. The predicted molar refractivity (Wildman–Crippen MR) is 109 cm³/mol. The van der Waals surface area contributed by atoms with Crippen LogP contribution < -0.4 is 10.6 Å². The fourth-order valence-corrected chi connectivity index (χ4v) is 3.45. The second-order valence-corrected chi connectivity index (χ2v) is 6.87. The zero-order valence-electron chi connectivity index (χ0n) is 16.4. The van der Waals surface area contributed by atoms with Crippen molar-refractivity contribution < 1.29 is 4.74 Å². The minimum absolute atomic E-state index is 0.252. The van der Waals surface area contributed by atoms with Gasteiger partial charge in [0, 0.05) is 32.9 Å². The summed E-state index contributed by atoms with van der Waals surface area (Å²) in [6.45, 7) is 5.12. The number of fused-ring (bicyclic) bond motifs is 1. The Morgan fingerprint density at radius 2 is 2.19 bits per heavy atom. The molecular formula is C21H31N5O. The quantitative estimate of drug-likeness (QED) is 0.427. The number of guanidine groups is 1. The van der Waals surface area contributed by atoms with Crippen LogP contribution in [0.15, 0.2) is 41.5 Å². The van der Waals surface area contributed by atoms with Gasteiger partial charge in [0.25, 0.3) is 0 Å². The van der Waals surface area contributed by atoms with E-state index in [-0.39, 0.29) is 6.10 Å². The van der Waals surface area contributed by atoms with E-state index in [9.17, 15) is 0 Å². The summed E-state index contributed by atoms with van der Waals surface area (Å²) in [6.07, 6.45) is 6.52. The zero-order chi connectivity index (χ0) is 18.9. The topological polar surface area (TPSA) is 63.5 Å². The molecule has 6 heteroatoms. The fourth-order valence-electron chi connectivity index (χ4n) is 3.45. The third-order valence-electron chi connectivity index (χ3n) is 4.91. The summed E-state index contributed by atoms with van der Waals surface area (Å²) in [5.74, 6) is 0.835. The van der Waals surface area contributed by atoms with Gasteiger partial charge in [-0.2, -0.15) is 5.10 Å². The summed E-state index contributed by atoms with van der Waals surface area (Å²) in [5.41, 5.74) is 3.91. The number of hydrogen-bond acceptors (Lipinski definition) is 3. The third-order valence-corrected chi connectivity index (χ3v) is 4.91. The van der Waals surface area contributed by atoms with Crippen LogP contribution in [-0.2, 0) is 24.8 Å². The van der Waals surface area contributed by atoms with E-state index in [2.05, 4.69) is 51.9 Å². The molecule has 2 aromatic rings. The Morgan fingerprint density at radius 3 is 3.00 bits per heavy atom. The Labute approximate surface area is 162 Å². The van der Waals surface area contributed by atoms with E-state index in [4.69, 9.17) is 4.74 Å². The molecule has 1 atom stereocenters. The van der Waals surface area contributed by atoms with Gasteiger partial charge in [-0.05, 0) is 49.8 Å². The monoisotopic (exact) mass is 369 g/mol. The van der Waals surface area contributed by atoms with Gasteiger partial charge < -0.3 is 15.4 Å². The Kier molecular flexibility index (Phi) is 7.27. The molecule has 1 aliphatic rings. The lowest BCUT2D eigenvalue weighted by Gasteiger charge is -2.25. The molecule has 0 bridgehead atoms. The Balaban J connectivity index is 1.41. The highest BCUT2D eigenvalue weighted by molar-refractivity contribution is 5.79. The minimum Gasteiger partial charge on any atom is -0.373 e. The summed E-state index contributed by atoms with van der Waals surface area (Å²) in [5, 5.41) is 10.9. The summed E-state index contributed by atoms with van der Waals surface area (Å²) in [7, 11) is 1.94. The summed E-state index contributed by atoms with van der Waals surface area (Å²) < 4.78 is 8.02. The van der Waals surface area contributed by atoms with Crippen LogP contribution in [0.2, 0.25) is 0 Å². The molecule has 1 aliphatic carbocycles. The van der Waals surface area contributed by atoms with Crippen LogP contribution in [0.1, 0.15) is 49.1 Å². The minimum atomic E-state index is 0.252. The van der Waals surface area contributed by atoms with Crippen molar-refractivity contribution in [1.82, 2.24) is 20.4 Å². The molecule has 0 aliphatic heterocycles. The van der Waals surface area contributed by atoms with Gasteiger partial charge in [-0.25, -0.2) is 4.99 Å². The second kappa shape index (κ2) is 10.1. The van der Waals surface area contributed by atoms with Gasteiger partial charge in [-0.3, -0.25) is 4.68 Å². The Morgan fingerprint density at radius 1 is 1.30 bits per heavy atom. The number of ether oxygens (including phenoxy) is 1. The van der Waals surface area contributed by atoms with Crippen molar-refractivity contribution in [2.24, 2.45) is 12.0 Å². The van der Waals surface area contributed by atoms with Gasteiger partial charge in [0.2, 0.25) is 0 Å². The standard InChI is InChI=1S/C21H31N5O/c1-3-22-21(24-16-18-12-14-25-26(18)2)23-13-7-15-27-20-11-6-9-17-8-4-5-10-19(17)20/h4-5,8,10,12,14,20H,3,6-7,9,11,13,15-16H2,1-2H3,(H2,22,23,24). The fraction of sp³-hybridized carbons (Fsp3) is 0.524. The smallest absolute Gasteiger partial charge is 0.191 e. The van der Waals surface area contributed by atoms with Gasteiger partial charge >= 0.3 is 0 Å². The van der Waals surface area contributed by atoms with Crippen LogP contribution in [0.3, 0.4) is 0 Å². The molecule has 0 amide bonds. The number of rotatable bonds is 8. The van der Waals surface area contributed by atoms with Crippen molar-refractivity contribution >= 4 is 5.96 Å². The number of nitrogens with one attached hydrogen (secondary N) is 2. The lowest BCUT2D eigenvalue weighted by molar-refractivity contribution is 0.0398. The van der Waals surface area contributed by atoms with Gasteiger partial charge in [0.1, 0.15) is 0 Å². The van der Waals surface area contributed by atoms with Gasteiger partial charge in [-0.15, -0.1) is 0 Å². The van der Waals surface area contributed by atoms with Gasteiger partial charge in [0.15, 0.2) is 5.96 Å². The zero-order valence-corrected chi connectivity index (χ0v) is 16.4. The van der Waals surface area contributed by atoms with E-state index in [0.29, 0.717) is 6.54 Å². The van der Waals surface area contributed by atoms with Crippen LogP contribution in [-0.4, -0.2) is 35.4 Å². The molecule has 0 radical (unpaired) electrons. The molecule has 2 N–H and O–H groups in total. The largest absolute Gasteiger partial charge is 0.373 e. The van der Waals surface area contributed by atoms with Crippen LogP contribution in [0.4, 0.5) is 0 Å². The highest BCUT2D eigenvalue weighted by atomic mass is 16.5. The molecule has 1 aromatic heterocycles. The van der Waals surface area contributed by atoms with Crippen molar-refractivity contribution in [3.8, 4) is 0 Å². The maximum Gasteiger partial charge on any atom is 0.191 e. The molecule has 6 nitrogen and oxygen atoms in total. The molecule has 27 heavy (non-hydrogen) atoms. The molecule has 0 fully saturated rings. The van der Waals surface area contributed by atoms with Crippen molar-refractivity contribution in [2.45, 2.75) is 45.3 Å². The molecule has 1 heterocycles. The number of benzene rings is 1. The molecule has 3 rings (SSSR count). The van der Waals surface area contributed by atoms with Crippen molar-refractivity contribution in [3.05, 3.63) is 53.3 Å². The van der Waals surface area contributed by atoms with E-state index in [0.717, 1.165) is 44.2 Å². The van der Waals surface area contributed by atoms with E-state index < -0.39 is 0 Å². The number of aryl methyl sites for hydroxylation is 2. The maximum absolute atomic E-state index is 6.17. The van der Waals surface area contributed by atoms with Gasteiger partial charge in [-0.1, -0.05) is 24.3 Å². The van der Waals surface area contributed by atoms with E-state index in [1.807, 2.05) is 17.8 Å². The first-order chi connectivity index (χ1) is 13.3. The third kappa shape index (κ3) is 5.57. The lowest BCUT2D eigenvalue weighted by atomic mass is 9.89. The Hall–Kier alpha value is -2.34. The average Bonchev–Trinajstić information content (AvgIpc) is 3.10. The van der Waals surface area contributed by atoms with Crippen molar-refractivity contribution in [3.63, 3.8) is 0 Å². The highest BCUT2D eigenvalue weighted by Crippen LogP contribution is 2.32. The molecular weight excluding hydrogens is 338 g/mol. The van der Waals surface area contributed by atoms with Crippen LogP contribution in [0.25, 0.3) is 0 Å². The SMILES string of the molecule is CCNC(=NCc1ccnn1C)NCCCOC1CCCc2ccccc21. The molecule has 146 valence electrons. The van der Waals surface area contributed by atoms with E-state index in [1.165, 1.54) is 24.0 Å². The average molecular weight is 370 g/mol. The number of nitrogens with zero attached hydrogens (tertiary/aromatic N) is 3. The lowest BCUT2D eigenvalue weighted by Crippen LogP contribution is -2.38. The maximum atomic E-state index is 6.17.